The minimum Gasteiger partial charge on any atom is -0.507 e. The zero-order valence-electron chi connectivity index (χ0n) is 14.8. The maximum Gasteiger partial charge on any atom is 0.259 e. The molecule has 3 aromatic carbocycles. The molecule has 1 heterocycles. The summed E-state index contributed by atoms with van der Waals surface area (Å²) in [4.78, 5) is 12.8. The van der Waals surface area contributed by atoms with Crippen molar-refractivity contribution in [1.29, 1.82) is 0 Å². The largest absolute Gasteiger partial charge is 0.507 e. The fourth-order valence-corrected chi connectivity index (χ4v) is 3.04. The van der Waals surface area contributed by atoms with E-state index >= 15 is 0 Å². The first-order valence-electron chi connectivity index (χ1n) is 8.28. The van der Waals surface area contributed by atoms with E-state index < -0.39 is 5.91 Å². The van der Waals surface area contributed by atoms with Crippen molar-refractivity contribution in [3.8, 4) is 17.2 Å². The number of furan rings is 1. The Kier molecular flexibility index (Phi) is 4.08. The summed E-state index contributed by atoms with van der Waals surface area (Å²) in [5.74, 6) is 0.428. The van der Waals surface area contributed by atoms with E-state index in [0.29, 0.717) is 28.4 Å². The van der Waals surface area contributed by atoms with E-state index in [2.05, 4.69) is 5.32 Å². The molecule has 0 bridgehead atoms. The van der Waals surface area contributed by atoms with Crippen molar-refractivity contribution in [2.75, 3.05) is 19.5 Å². The minimum atomic E-state index is -0.466. The van der Waals surface area contributed by atoms with Gasteiger partial charge in [-0.3, -0.25) is 4.79 Å². The van der Waals surface area contributed by atoms with Gasteiger partial charge in [0.15, 0.2) is 0 Å². The van der Waals surface area contributed by atoms with Crippen molar-refractivity contribution in [3.05, 3.63) is 60.2 Å². The van der Waals surface area contributed by atoms with Gasteiger partial charge in [0.1, 0.15) is 28.4 Å². The standard InChI is InChI=1S/C21H17NO5/c1-25-12-7-8-19(26-2)16(9-12)22-21(24)15-10-14-13-5-3-4-6-18(13)27-20(14)11-17(15)23/h3-11,23H,1-2H3,(H,22,24). The molecule has 0 spiro atoms. The number of hydrogen-bond acceptors (Lipinski definition) is 5. The minimum absolute atomic E-state index is 0.138. The molecule has 4 rings (SSSR count). The Balaban J connectivity index is 1.77. The first-order valence-corrected chi connectivity index (χ1v) is 8.28. The van der Waals surface area contributed by atoms with Gasteiger partial charge < -0.3 is 24.3 Å². The van der Waals surface area contributed by atoms with Crippen molar-refractivity contribution in [1.82, 2.24) is 0 Å². The van der Waals surface area contributed by atoms with E-state index in [-0.39, 0.29) is 11.3 Å². The number of nitrogens with one attached hydrogen (secondary N) is 1. The van der Waals surface area contributed by atoms with Gasteiger partial charge >= 0.3 is 0 Å². The van der Waals surface area contributed by atoms with Crippen LogP contribution in [0.2, 0.25) is 0 Å². The predicted molar refractivity (Wildman–Crippen MR) is 103 cm³/mol. The third kappa shape index (κ3) is 2.91. The Hall–Kier alpha value is -3.67. The number of carbonyl (C=O) groups is 1. The molecule has 2 N–H and O–H groups in total. The third-order valence-corrected chi connectivity index (χ3v) is 4.39. The molecule has 1 amide bonds. The first kappa shape index (κ1) is 16.8. The average Bonchev–Trinajstić information content (AvgIpc) is 3.04. The van der Waals surface area contributed by atoms with Crippen molar-refractivity contribution in [2.24, 2.45) is 0 Å². The van der Waals surface area contributed by atoms with Crippen molar-refractivity contribution < 1.29 is 23.8 Å². The zero-order chi connectivity index (χ0) is 19.0. The van der Waals surface area contributed by atoms with Gasteiger partial charge in [0.05, 0.1) is 25.5 Å². The smallest absolute Gasteiger partial charge is 0.259 e. The molecule has 136 valence electrons. The number of hydrogen-bond donors (Lipinski definition) is 2. The summed E-state index contributed by atoms with van der Waals surface area (Å²) in [5.41, 5.74) is 1.79. The van der Waals surface area contributed by atoms with Gasteiger partial charge in [0, 0.05) is 22.9 Å². The van der Waals surface area contributed by atoms with Gasteiger partial charge in [0.25, 0.3) is 5.91 Å². The highest BCUT2D eigenvalue weighted by Crippen LogP contribution is 2.34. The molecule has 0 radical (unpaired) electrons. The Morgan fingerprint density at radius 2 is 1.78 bits per heavy atom. The second kappa shape index (κ2) is 6.57. The number of aromatic hydroxyl groups is 1. The molecular weight excluding hydrogens is 346 g/mol. The van der Waals surface area contributed by atoms with E-state index in [1.807, 2.05) is 24.3 Å². The summed E-state index contributed by atoms with van der Waals surface area (Å²) in [5, 5.41) is 14.7. The molecule has 0 unspecified atom stereocenters. The number of rotatable bonds is 4. The lowest BCUT2D eigenvalue weighted by molar-refractivity contribution is 0.102. The lowest BCUT2D eigenvalue weighted by Gasteiger charge is -2.12. The van der Waals surface area contributed by atoms with Crippen LogP contribution in [-0.4, -0.2) is 25.2 Å². The molecule has 0 saturated heterocycles. The van der Waals surface area contributed by atoms with Crippen LogP contribution < -0.4 is 14.8 Å². The number of ether oxygens (including phenoxy) is 2. The molecule has 0 aliphatic heterocycles. The second-order valence-corrected chi connectivity index (χ2v) is 5.98. The SMILES string of the molecule is COc1ccc(OC)c(NC(=O)c2cc3c(cc2O)oc2ccccc23)c1. The lowest BCUT2D eigenvalue weighted by Crippen LogP contribution is -2.13. The summed E-state index contributed by atoms with van der Waals surface area (Å²) < 4.78 is 16.2. The number of phenolic OH excluding ortho intramolecular Hbond substituents is 1. The van der Waals surface area contributed by atoms with E-state index in [0.717, 1.165) is 10.8 Å². The molecular formula is C21H17NO5. The zero-order valence-corrected chi connectivity index (χ0v) is 14.8. The lowest BCUT2D eigenvalue weighted by atomic mass is 10.1. The topological polar surface area (TPSA) is 80.9 Å². The van der Waals surface area contributed by atoms with Crippen LogP contribution in [0.25, 0.3) is 21.9 Å². The normalized spacial score (nSPS) is 10.9. The Bertz CT molecular complexity index is 1160. The van der Waals surface area contributed by atoms with E-state index in [9.17, 15) is 9.90 Å². The van der Waals surface area contributed by atoms with Crippen LogP contribution in [0, 0.1) is 0 Å². The number of benzene rings is 3. The number of methoxy groups -OCH3 is 2. The Labute approximate surface area is 154 Å². The quantitative estimate of drug-likeness (QED) is 0.555. The van der Waals surface area contributed by atoms with Gasteiger partial charge in [-0.15, -0.1) is 0 Å². The fraction of sp³-hybridized carbons (Fsp3) is 0.0952. The summed E-state index contributed by atoms with van der Waals surface area (Å²) in [6.07, 6.45) is 0. The molecule has 1 aromatic heterocycles. The van der Waals surface area contributed by atoms with Crippen molar-refractivity contribution in [2.45, 2.75) is 0 Å². The highest BCUT2D eigenvalue weighted by molar-refractivity contribution is 6.13. The molecule has 6 nitrogen and oxygen atoms in total. The van der Waals surface area contributed by atoms with E-state index in [4.69, 9.17) is 13.9 Å². The molecule has 0 saturated carbocycles. The van der Waals surface area contributed by atoms with Crippen LogP contribution in [0.4, 0.5) is 5.69 Å². The number of fused-ring (bicyclic) bond motifs is 3. The van der Waals surface area contributed by atoms with Crippen molar-refractivity contribution in [3.63, 3.8) is 0 Å². The molecule has 6 heteroatoms. The van der Waals surface area contributed by atoms with Crippen molar-refractivity contribution >= 4 is 33.5 Å². The summed E-state index contributed by atoms with van der Waals surface area (Å²) in [6.45, 7) is 0. The number of para-hydroxylation sites is 1. The molecule has 0 aliphatic carbocycles. The van der Waals surface area contributed by atoms with Crippen LogP contribution in [-0.2, 0) is 0 Å². The number of carbonyl (C=O) groups excluding carboxylic acids is 1. The third-order valence-electron chi connectivity index (χ3n) is 4.39. The molecule has 0 aliphatic rings. The van der Waals surface area contributed by atoms with Gasteiger partial charge in [-0.25, -0.2) is 0 Å². The monoisotopic (exact) mass is 363 g/mol. The van der Waals surface area contributed by atoms with Gasteiger partial charge in [-0.05, 0) is 24.3 Å². The van der Waals surface area contributed by atoms with Crippen LogP contribution in [0.15, 0.2) is 59.0 Å². The van der Waals surface area contributed by atoms with Crippen LogP contribution in [0.1, 0.15) is 10.4 Å². The average molecular weight is 363 g/mol. The Morgan fingerprint density at radius 3 is 2.56 bits per heavy atom. The summed E-state index contributed by atoms with van der Waals surface area (Å²) >= 11 is 0. The molecule has 4 aromatic rings. The van der Waals surface area contributed by atoms with Gasteiger partial charge in [-0.1, -0.05) is 18.2 Å². The second-order valence-electron chi connectivity index (χ2n) is 5.98. The van der Waals surface area contributed by atoms with Crippen LogP contribution >= 0.6 is 0 Å². The number of amides is 1. The summed E-state index contributed by atoms with van der Waals surface area (Å²) in [6, 6.07) is 15.7. The van der Waals surface area contributed by atoms with Crippen LogP contribution in [0.3, 0.4) is 0 Å². The predicted octanol–water partition coefficient (Wildman–Crippen LogP) is 4.56. The maximum absolute atomic E-state index is 12.8. The first-order chi connectivity index (χ1) is 13.1. The summed E-state index contributed by atoms with van der Waals surface area (Å²) in [7, 11) is 3.05. The highest BCUT2D eigenvalue weighted by Gasteiger charge is 2.18. The van der Waals surface area contributed by atoms with E-state index in [1.165, 1.54) is 20.3 Å². The Morgan fingerprint density at radius 1 is 0.963 bits per heavy atom. The number of phenols is 1. The molecule has 0 atom stereocenters. The molecule has 27 heavy (non-hydrogen) atoms. The van der Waals surface area contributed by atoms with Gasteiger partial charge in [-0.2, -0.15) is 0 Å². The maximum atomic E-state index is 12.8. The number of anilines is 1. The van der Waals surface area contributed by atoms with Gasteiger partial charge in [0.2, 0.25) is 0 Å². The molecule has 0 fully saturated rings. The fourth-order valence-electron chi connectivity index (χ4n) is 3.04. The van der Waals surface area contributed by atoms with Crippen LogP contribution in [0.5, 0.6) is 17.2 Å². The van der Waals surface area contributed by atoms with E-state index in [1.54, 1.807) is 24.3 Å². The highest BCUT2D eigenvalue weighted by atomic mass is 16.5.